The van der Waals surface area contributed by atoms with Crippen LogP contribution in [-0.2, 0) is 0 Å². The highest BCUT2D eigenvalue weighted by atomic mass is 15.1. The molecule has 2 heteroatoms. The van der Waals surface area contributed by atoms with Crippen LogP contribution in [0.2, 0.25) is 0 Å². The Hall–Kier alpha value is -4.04. The van der Waals surface area contributed by atoms with Crippen LogP contribution in [0.1, 0.15) is 0 Å². The first-order valence-electron chi connectivity index (χ1n) is 11.1. The van der Waals surface area contributed by atoms with Crippen LogP contribution in [0.15, 0.2) is 133 Å². The summed E-state index contributed by atoms with van der Waals surface area (Å²) in [5.74, 6) is 0. The molecule has 0 radical (unpaired) electrons. The van der Waals surface area contributed by atoms with Crippen molar-refractivity contribution < 1.29 is 0 Å². The average Bonchev–Trinajstić information content (AvgIpc) is 2.87. The molecular weight excluding hydrogens is 385 g/mol. The number of rotatable bonds is 2. The van der Waals surface area contributed by atoms with Gasteiger partial charge in [-0.25, -0.2) is 0 Å². The number of para-hydroxylation sites is 2. The van der Waals surface area contributed by atoms with Gasteiger partial charge in [0, 0.05) is 16.9 Å². The maximum atomic E-state index is 2.50. The van der Waals surface area contributed by atoms with Crippen molar-refractivity contribution in [3.05, 3.63) is 133 Å². The van der Waals surface area contributed by atoms with Crippen LogP contribution >= 0.6 is 0 Å². The highest BCUT2D eigenvalue weighted by molar-refractivity contribution is 6.90. The van der Waals surface area contributed by atoms with Gasteiger partial charge in [-0.15, -0.1) is 0 Å². The van der Waals surface area contributed by atoms with Crippen molar-refractivity contribution in [1.82, 2.24) is 0 Å². The summed E-state index contributed by atoms with van der Waals surface area (Å²) >= 11 is 0. The molecule has 0 saturated heterocycles. The fourth-order valence-corrected chi connectivity index (χ4v) is 4.96. The summed E-state index contributed by atoms with van der Waals surface area (Å²) in [6, 6.07) is 48.1. The Morgan fingerprint density at radius 3 is 1.62 bits per heavy atom. The predicted octanol–water partition coefficient (Wildman–Crippen LogP) is 6.28. The smallest absolute Gasteiger partial charge is 0.328 e. The van der Waals surface area contributed by atoms with Crippen molar-refractivity contribution >= 4 is 29.1 Å². The van der Waals surface area contributed by atoms with E-state index < -0.39 is 0 Å². The minimum Gasteiger partial charge on any atom is -0.376 e. The lowest BCUT2D eigenvalue weighted by molar-refractivity contribution is 1.37. The summed E-state index contributed by atoms with van der Waals surface area (Å²) in [6.07, 6.45) is 0. The third kappa shape index (κ3) is 3.04. The van der Waals surface area contributed by atoms with Crippen molar-refractivity contribution in [1.29, 1.82) is 0 Å². The summed E-state index contributed by atoms with van der Waals surface area (Å²) in [7, 11) is 0. The van der Waals surface area contributed by atoms with Gasteiger partial charge in [0.2, 0.25) is 0 Å². The van der Waals surface area contributed by atoms with E-state index in [4.69, 9.17) is 0 Å². The largest absolute Gasteiger partial charge is 0.376 e. The molecule has 0 aliphatic carbocycles. The first kappa shape index (κ1) is 18.7. The molecule has 5 aromatic rings. The molecule has 0 aromatic heterocycles. The van der Waals surface area contributed by atoms with Crippen molar-refractivity contribution in [2.24, 2.45) is 0 Å². The molecule has 1 heterocycles. The molecule has 150 valence electrons. The first-order valence-corrected chi connectivity index (χ1v) is 11.1. The predicted molar refractivity (Wildman–Crippen MR) is 137 cm³/mol. The summed E-state index contributed by atoms with van der Waals surface area (Å²) < 4.78 is 0. The average molecular weight is 407 g/mol. The van der Waals surface area contributed by atoms with Gasteiger partial charge in [-0.05, 0) is 40.4 Å². The Kier molecular flexibility index (Phi) is 4.62. The van der Waals surface area contributed by atoms with E-state index in [1.54, 1.807) is 0 Å². The first-order chi connectivity index (χ1) is 15.9. The summed E-state index contributed by atoms with van der Waals surface area (Å²) in [5.41, 5.74) is 10.1. The highest BCUT2D eigenvalue weighted by Gasteiger charge is 2.34. The van der Waals surface area contributed by atoms with Gasteiger partial charge in [0.1, 0.15) is 0 Å². The molecular formula is C30H22BN. The highest BCUT2D eigenvalue weighted by Crippen LogP contribution is 2.42. The molecule has 5 aromatic carbocycles. The molecule has 32 heavy (non-hydrogen) atoms. The van der Waals surface area contributed by atoms with Crippen LogP contribution < -0.4 is 15.7 Å². The van der Waals surface area contributed by atoms with Crippen molar-refractivity contribution in [2.75, 3.05) is 4.81 Å². The Labute approximate surface area is 189 Å². The number of benzene rings is 5. The van der Waals surface area contributed by atoms with Gasteiger partial charge in [0.05, 0.1) is 0 Å². The molecule has 1 aliphatic heterocycles. The zero-order valence-corrected chi connectivity index (χ0v) is 17.7. The molecule has 0 spiro atoms. The van der Waals surface area contributed by atoms with E-state index in [2.05, 4.69) is 138 Å². The zero-order chi connectivity index (χ0) is 21.3. The SMILES string of the molecule is c1ccc(B2c3ccccc3-c3ccccc3-c3ccccc3N2c2ccccc2)cc1. The zero-order valence-electron chi connectivity index (χ0n) is 17.7. The summed E-state index contributed by atoms with van der Waals surface area (Å²) in [6.45, 7) is 0.0457. The maximum Gasteiger partial charge on any atom is 0.328 e. The number of hydrogen-bond donors (Lipinski definition) is 0. The standard InChI is InChI=1S/C30H22BN/c1-3-13-23(14-4-1)31-29-21-11-9-19-27(29)25-17-7-8-18-26(25)28-20-10-12-22-30(28)32(31)24-15-5-2-6-16-24/h1-22H. The van der Waals surface area contributed by atoms with Crippen LogP contribution in [0.5, 0.6) is 0 Å². The third-order valence-electron chi connectivity index (χ3n) is 6.33. The van der Waals surface area contributed by atoms with Gasteiger partial charge in [-0.3, -0.25) is 0 Å². The van der Waals surface area contributed by atoms with Gasteiger partial charge in [0.25, 0.3) is 0 Å². The van der Waals surface area contributed by atoms with Gasteiger partial charge in [0.15, 0.2) is 0 Å². The van der Waals surface area contributed by atoms with Crippen molar-refractivity contribution in [3.63, 3.8) is 0 Å². The summed E-state index contributed by atoms with van der Waals surface area (Å²) in [5, 5.41) is 0. The minimum atomic E-state index is 0.0457. The molecule has 1 aliphatic rings. The van der Waals surface area contributed by atoms with E-state index in [0.717, 1.165) is 0 Å². The van der Waals surface area contributed by atoms with Gasteiger partial charge >= 0.3 is 6.85 Å². The number of nitrogens with zero attached hydrogens (tertiary/aromatic N) is 1. The quantitative estimate of drug-likeness (QED) is 0.312. The monoisotopic (exact) mass is 407 g/mol. The molecule has 1 nitrogen and oxygen atoms in total. The van der Waals surface area contributed by atoms with E-state index >= 15 is 0 Å². The number of hydrogen-bond acceptors (Lipinski definition) is 1. The molecule has 0 atom stereocenters. The molecule has 0 fully saturated rings. The Bertz CT molecular complexity index is 1270. The molecule has 0 bridgehead atoms. The number of fused-ring (bicyclic) bond motifs is 5. The van der Waals surface area contributed by atoms with Crippen LogP contribution in [-0.4, -0.2) is 6.85 Å². The maximum absolute atomic E-state index is 2.50. The second-order valence-electron chi connectivity index (χ2n) is 8.17. The third-order valence-corrected chi connectivity index (χ3v) is 6.33. The molecule has 0 N–H and O–H groups in total. The van der Waals surface area contributed by atoms with E-state index in [1.165, 1.54) is 44.6 Å². The molecule has 0 saturated carbocycles. The lowest BCUT2D eigenvalue weighted by Gasteiger charge is -2.37. The van der Waals surface area contributed by atoms with Crippen molar-refractivity contribution in [3.8, 4) is 22.3 Å². The van der Waals surface area contributed by atoms with Gasteiger partial charge in [-0.1, -0.05) is 121 Å². The normalized spacial score (nSPS) is 12.2. The van der Waals surface area contributed by atoms with Crippen molar-refractivity contribution in [2.45, 2.75) is 0 Å². The van der Waals surface area contributed by atoms with Crippen LogP contribution in [0.4, 0.5) is 11.4 Å². The van der Waals surface area contributed by atoms with Crippen LogP contribution in [0.25, 0.3) is 22.3 Å². The second-order valence-corrected chi connectivity index (χ2v) is 8.17. The van der Waals surface area contributed by atoms with E-state index in [0.29, 0.717) is 0 Å². The van der Waals surface area contributed by atoms with E-state index in [9.17, 15) is 0 Å². The van der Waals surface area contributed by atoms with Gasteiger partial charge in [-0.2, -0.15) is 0 Å². The van der Waals surface area contributed by atoms with Gasteiger partial charge < -0.3 is 4.81 Å². The summed E-state index contributed by atoms with van der Waals surface area (Å²) in [4.78, 5) is 2.50. The second kappa shape index (κ2) is 7.90. The topological polar surface area (TPSA) is 3.24 Å². The van der Waals surface area contributed by atoms with Crippen LogP contribution in [0, 0.1) is 0 Å². The lowest BCUT2D eigenvalue weighted by Crippen LogP contribution is -2.55. The minimum absolute atomic E-state index is 0.0457. The lowest BCUT2D eigenvalue weighted by atomic mass is 9.46. The van der Waals surface area contributed by atoms with Crippen LogP contribution in [0.3, 0.4) is 0 Å². The number of anilines is 2. The molecule has 0 amide bonds. The van der Waals surface area contributed by atoms with E-state index in [1.807, 2.05) is 0 Å². The fourth-order valence-electron chi connectivity index (χ4n) is 4.96. The Morgan fingerprint density at radius 1 is 0.406 bits per heavy atom. The Balaban J connectivity index is 1.77. The molecule has 0 unspecified atom stereocenters. The Morgan fingerprint density at radius 2 is 0.906 bits per heavy atom. The van der Waals surface area contributed by atoms with E-state index in [-0.39, 0.29) is 6.85 Å². The fraction of sp³-hybridized carbons (Fsp3) is 0. The molecule has 6 rings (SSSR count).